The smallest absolute Gasteiger partial charge is 0.256 e. The van der Waals surface area contributed by atoms with E-state index < -0.39 is 0 Å². The van der Waals surface area contributed by atoms with Gasteiger partial charge in [-0.15, -0.1) is 0 Å². The van der Waals surface area contributed by atoms with Gasteiger partial charge in [-0.25, -0.2) is 4.98 Å². The molecule has 1 aliphatic heterocycles. The second-order valence-corrected chi connectivity index (χ2v) is 5.83. The van der Waals surface area contributed by atoms with Gasteiger partial charge in [0.2, 0.25) is 0 Å². The predicted molar refractivity (Wildman–Crippen MR) is 93.0 cm³/mol. The van der Waals surface area contributed by atoms with Crippen molar-refractivity contribution in [2.24, 2.45) is 0 Å². The first kappa shape index (κ1) is 16.1. The molecule has 1 amide bonds. The van der Waals surface area contributed by atoms with E-state index in [2.05, 4.69) is 31.5 Å². The number of carbonyl (C=O) groups excluding carboxylic acids is 1. The van der Waals surface area contributed by atoms with E-state index in [9.17, 15) is 4.79 Å². The predicted octanol–water partition coefficient (Wildman–Crippen LogP) is 1.74. The van der Waals surface area contributed by atoms with Gasteiger partial charge in [-0.05, 0) is 17.2 Å². The van der Waals surface area contributed by atoms with Crippen LogP contribution in [-0.2, 0) is 13.0 Å². The molecular formula is C18H17N5O3. The number of aromatic nitrogens is 4. The molecule has 8 nitrogen and oxygen atoms in total. The molecule has 1 aromatic carbocycles. The van der Waals surface area contributed by atoms with E-state index in [0.717, 1.165) is 17.7 Å². The van der Waals surface area contributed by atoms with Crippen LogP contribution in [0.15, 0.2) is 36.8 Å². The molecule has 1 aliphatic rings. The molecule has 0 atom stereocenters. The van der Waals surface area contributed by atoms with Gasteiger partial charge in [-0.2, -0.15) is 5.10 Å². The summed E-state index contributed by atoms with van der Waals surface area (Å²) in [6.07, 6.45) is 3.77. The first-order chi connectivity index (χ1) is 12.7. The normalized spacial score (nSPS) is 12.3. The number of nitrogens with zero attached hydrogens (tertiary/aromatic N) is 3. The molecule has 0 aliphatic carbocycles. The monoisotopic (exact) mass is 351 g/mol. The molecule has 0 unspecified atom stereocenters. The van der Waals surface area contributed by atoms with E-state index in [1.165, 1.54) is 25.2 Å². The van der Waals surface area contributed by atoms with Crippen LogP contribution in [0.1, 0.15) is 21.5 Å². The van der Waals surface area contributed by atoms with Crippen molar-refractivity contribution in [1.82, 2.24) is 25.5 Å². The summed E-state index contributed by atoms with van der Waals surface area (Å²) in [6.45, 7) is 1.13. The van der Waals surface area contributed by atoms with Crippen molar-refractivity contribution in [2.45, 2.75) is 13.0 Å². The number of methoxy groups -OCH3 is 1. The summed E-state index contributed by atoms with van der Waals surface area (Å²) in [5.74, 6) is 1.60. The van der Waals surface area contributed by atoms with Gasteiger partial charge in [0.1, 0.15) is 23.5 Å². The SMILES string of the molecule is COc1cc(-c2ncn[nH]2)ncc1C(=O)NCc1ccc2c(c1)CCO2. The van der Waals surface area contributed by atoms with Crippen molar-refractivity contribution >= 4 is 5.91 Å². The van der Waals surface area contributed by atoms with E-state index in [4.69, 9.17) is 9.47 Å². The number of hydrogen-bond acceptors (Lipinski definition) is 6. The van der Waals surface area contributed by atoms with Gasteiger partial charge >= 0.3 is 0 Å². The van der Waals surface area contributed by atoms with Crippen LogP contribution in [0.2, 0.25) is 0 Å². The van der Waals surface area contributed by atoms with Gasteiger partial charge < -0.3 is 14.8 Å². The van der Waals surface area contributed by atoms with E-state index in [1.807, 2.05) is 12.1 Å². The highest BCUT2D eigenvalue weighted by atomic mass is 16.5. The number of carbonyl (C=O) groups is 1. The lowest BCUT2D eigenvalue weighted by Gasteiger charge is -2.10. The molecule has 26 heavy (non-hydrogen) atoms. The Morgan fingerprint density at radius 1 is 1.35 bits per heavy atom. The second kappa shape index (κ2) is 6.83. The maximum Gasteiger partial charge on any atom is 0.256 e. The molecule has 3 aromatic rings. The molecule has 0 fully saturated rings. The number of benzene rings is 1. The zero-order valence-electron chi connectivity index (χ0n) is 14.2. The topological polar surface area (TPSA) is 102 Å². The van der Waals surface area contributed by atoms with Crippen LogP contribution in [0.3, 0.4) is 0 Å². The number of rotatable bonds is 5. The Labute approximate surface area is 149 Å². The Bertz CT molecular complexity index is 940. The average Bonchev–Trinajstić information content (AvgIpc) is 3.36. The second-order valence-electron chi connectivity index (χ2n) is 5.83. The van der Waals surface area contributed by atoms with Crippen LogP contribution in [-0.4, -0.2) is 39.8 Å². The Hall–Kier alpha value is -3.42. The molecule has 0 bridgehead atoms. The molecule has 0 saturated heterocycles. The maximum atomic E-state index is 12.5. The van der Waals surface area contributed by atoms with Crippen molar-refractivity contribution in [3.8, 4) is 23.0 Å². The minimum absolute atomic E-state index is 0.254. The van der Waals surface area contributed by atoms with Crippen molar-refractivity contribution in [2.75, 3.05) is 13.7 Å². The van der Waals surface area contributed by atoms with Crippen LogP contribution in [0.25, 0.3) is 11.5 Å². The minimum atomic E-state index is -0.254. The standard InChI is InChI=1S/C18H17N5O3/c1-25-16-7-14(17-21-10-22-23-17)19-9-13(16)18(24)20-8-11-2-3-15-12(6-11)4-5-26-15/h2-3,6-7,9-10H,4-5,8H2,1H3,(H,20,24)(H,21,22,23). The van der Waals surface area contributed by atoms with Gasteiger partial charge in [0.25, 0.3) is 5.91 Å². The lowest BCUT2D eigenvalue weighted by atomic mass is 10.1. The van der Waals surface area contributed by atoms with Gasteiger partial charge in [0.05, 0.1) is 19.3 Å². The third-order valence-corrected chi connectivity index (χ3v) is 4.20. The number of H-pyrrole nitrogens is 1. The van der Waals surface area contributed by atoms with E-state index >= 15 is 0 Å². The molecule has 3 heterocycles. The van der Waals surface area contributed by atoms with E-state index in [0.29, 0.717) is 36.0 Å². The highest BCUT2D eigenvalue weighted by Gasteiger charge is 2.16. The first-order valence-corrected chi connectivity index (χ1v) is 8.17. The molecule has 2 N–H and O–H groups in total. The highest BCUT2D eigenvalue weighted by Crippen LogP contribution is 2.26. The first-order valence-electron chi connectivity index (χ1n) is 8.17. The Balaban J connectivity index is 1.49. The van der Waals surface area contributed by atoms with Crippen molar-refractivity contribution in [1.29, 1.82) is 0 Å². The molecule has 8 heteroatoms. The van der Waals surface area contributed by atoms with Crippen LogP contribution < -0.4 is 14.8 Å². The minimum Gasteiger partial charge on any atom is -0.496 e. The number of fused-ring (bicyclic) bond motifs is 1. The third kappa shape index (κ3) is 3.08. The fraction of sp³-hybridized carbons (Fsp3) is 0.222. The fourth-order valence-electron chi connectivity index (χ4n) is 2.86. The Kier molecular flexibility index (Phi) is 4.22. The molecule has 2 aromatic heterocycles. The fourth-order valence-corrected chi connectivity index (χ4v) is 2.86. The zero-order valence-corrected chi connectivity index (χ0v) is 14.2. The largest absolute Gasteiger partial charge is 0.496 e. The number of pyridine rings is 1. The van der Waals surface area contributed by atoms with Crippen LogP contribution >= 0.6 is 0 Å². The lowest BCUT2D eigenvalue weighted by molar-refractivity contribution is 0.0947. The van der Waals surface area contributed by atoms with E-state index in [-0.39, 0.29) is 5.91 Å². The Morgan fingerprint density at radius 3 is 3.08 bits per heavy atom. The van der Waals surface area contributed by atoms with E-state index in [1.54, 1.807) is 6.07 Å². The number of ether oxygens (including phenoxy) is 2. The number of hydrogen-bond donors (Lipinski definition) is 2. The van der Waals surface area contributed by atoms with Crippen molar-refractivity contribution < 1.29 is 14.3 Å². The molecule has 4 rings (SSSR count). The summed E-state index contributed by atoms with van der Waals surface area (Å²) in [7, 11) is 1.51. The summed E-state index contributed by atoms with van der Waals surface area (Å²) in [6, 6.07) is 7.61. The number of aromatic amines is 1. The Morgan fingerprint density at radius 2 is 2.27 bits per heavy atom. The van der Waals surface area contributed by atoms with Crippen LogP contribution in [0.5, 0.6) is 11.5 Å². The molecule has 0 radical (unpaired) electrons. The number of nitrogens with one attached hydrogen (secondary N) is 2. The summed E-state index contributed by atoms with van der Waals surface area (Å²) in [5, 5.41) is 9.42. The van der Waals surface area contributed by atoms with Crippen LogP contribution in [0, 0.1) is 0 Å². The summed E-state index contributed by atoms with van der Waals surface area (Å²) >= 11 is 0. The molecule has 0 spiro atoms. The quantitative estimate of drug-likeness (QED) is 0.726. The van der Waals surface area contributed by atoms with Gasteiger partial charge in [0.15, 0.2) is 5.82 Å². The third-order valence-electron chi connectivity index (χ3n) is 4.20. The van der Waals surface area contributed by atoms with Crippen LogP contribution in [0.4, 0.5) is 0 Å². The average molecular weight is 351 g/mol. The summed E-state index contributed by atoms with van der Waals surface area (Å²) < 4.78 is 10.8. The molecule has 132 valence electrons. The zero-order chi connectivity index (χ0) is 17.9. The van der Waals surface area contributed by atoms with Crippen molar-refractivity contribution in [3.63, 3.8) is 0 Å². The summed E-state index contributed by atoms with van der Waals surface area (Å²) in [5.41, 5.74) is 3.11. The highest BCUT2D eigenvalue weighted by molar-refractivity contribution is 5.97. The summed E-state index contributed by atoms with van der Waals surface area (Å²) in [4.78, 5) is 20.8. The molecule has 0 saturated carbocycles. The lowest BCUT2D eigenvalue weighted by Crippen LogP contribution is -2.23. The van der Waals surface area contributed by atoms with Gasteiger partial charge in [-0.3, -0.25) is 14.9 Å². The van der Waals surface area contributed by atoms with Gasteiger partial charge in [0, 0.05) is 25.2 Å². The maximum absolute atomic E-state index is 12.5. The van der Waals surface area contributed by atoms with Gasteiger partial charge in [-0.1, -0.05) is 12.1 Å². The molecular weight excluding hydrogens is 334 g/mol. The van der Waals surface area contributed by atoms with Crippen molar-refractivity contribution in [3.05, 3.63) is 53.5 Å². The number of amides is 1.